The van der Waals surface area contributed by atoms with Crippen LogP contribution in [0.5, 0.6) is 11.5 Å². The number of guanidine groups is 1. The molecule has 156 valence electrons. The third-order valence-corrected chi connectivity index (χ3v) is 5.11. The fourth-order valence-electron chi connectivity index (χ4n) is 3.30. The highest BCUT2D eigenvalue weighted by atomic mass is 19.1. The van der Waals surface area contributed by atoms with Gasteiger partial charge in [0.2, 0.25) is 0 Å². The number of aliphatic hydroxyl groups excluding tert-OH is 1. The summed E-state index contributed by atoms with van der Waals surface area (Å²) in [7, 11) is 1.73. The number of aliphatic hydroxyl groups is 1. The minimum Gasteiger partial charge on any atom is -0.457 e. The number of nitrogens with zero attached hydrogens (tertiary/aromatic N) is 1. The average molecular weight is 401 g/mol. The van der Waals surface area contributed by atoms with E-state index in [9.17, 15) is 9.50 Å². The molecule has 7 heteroatoms. The second-order valence-corrected chi connectivity index (χ2v) is 7.26. The molecule has 3 rings (SSSR count). The molecule has 0 radical (unpaired) electrons. The van der Waals surface area contributed by atoms with E-state index in [1.165, 1.54) is 12.1 Å². The monoisotopic (exact) mass is 401 g/mol. The normalized spacial score (nSPS) is 19.2. The summed E-state index contributed by atoms with van der Waals surface area (Å²) in [4.78, 5) is 4.27. The van der Waals surface area contributed by atoms with Gasteiger partial charge >= 0.3 is 0 Å². The van der Waals surface area contributed by atoms with Gasteiger partial charge in [0, 0.05) is 38.8 Å². The van der Waals surface area contributed by atoms with Crippen molar-refractivity contribution in [2.24, 2.45) is 10.4 Å². The Morgan fingerprint density at radius 3 is 2.41 bits per heavy atom. The zero-order chi connectivity index (χ0) is 20.5. The van der Waals surface area contributed by atoms with Crippen molar-refractivity contribution in [1.29, 1.82) is 0 Å². The summed E-state index contributed by atoms with van der Waals surface area (Å²) in [6.45, 7) is 2.87. The van der Waals surface area contributed by atoms with Gasteiger partial charge in [0.05, 0.1) is 6.61 Å². The maximum Gasteiger partial charge on any atom is 0.191 e. The summed E-state index contributed by atoms with van der Waals surface area (Å²) in [5.74, 6) is 1.70. The lowest BCUT2D eigenvalue weighted by Gasteiger charge is -2.27. The number of benzene rings is 2. The van der Waals surface area contributed by atoms with Gasteiger partial charge in [0.25, 0.3) is 0 Å². The highest BCUT2D eigenvalue weighted by Crippen LogP contribution is 2.31. The predicted octanol–water partition coefficient (Wildman–Crippen LogP) is 3.07. The SMILES string of the molecule is CN=C(NCc1ccc(Oc2ccc(F)cc2)cc1)NCC1(CCO)CCOC1. The van der Waals surface area contributed by atoms with Gasteiger partial charge in [-0.2, -0.15) is 0 Å². The topological polar surface area (TPSA) is 75.1 Å². The van der Waals surface area contributed by atoms with Gasteiger partial charge in [0.1, 0.15) is 17.3 Å². The first-order valence-corrected chi connectivity index (χ1v) is 9.78. The van der Waals surface area contributed by atoms with Crippen LogP contribution in [0.1, 0.15) is 18.4 Å². The van der Waals surface area contributed by atoms with E-state index >= 15 is 0 Å². The van der Waals surface area contributed by atoms with Crippen LogP contribution in [0.15, 0.2) is 53.5 Å². The van der Waals surface area contributed by atoms with Gasteiger partial charge in [-0.15, -0.1) is 0 Å². The first-order valence-electron chi connectivity index (χ1n) is 9.78. The van der Waals surface area contributed by atoms with Gasteiger partial charge < -0.3 is 25.2 Å². The highest BCUT2D eigenvalue weighted by molar-refractivity contribution is 5.79. The van der Waals surface area contributed by atoms with Crippen LogP contribution in [0.25, 0.3) is 0 Å². The zero-order valence-electron chi connectivity index (χ0n) is 16.7. The van der Waals surface area contributed by atoms with Crippen LogP contribution in [-0.2, 0) is 11.3 Å². The summed E-state index contributed by atoms with van der Waals surface area (Å²) in [5, 5.41) is 16.0. The van der Waals surface area contributed by atoms with E-state index in [0.29, 0.717) is 43.6 Å². The lowest BCUT2D eigenvalue weighted by molar-refractivity contribution is 0.127. The van der Waals surface area contributed by atoms with E-state index < -0.39 is 0 Å². The van der Waals surface area contributed by atoms with Gasteiger partial charge in [-0.05, 0) is 54.8 Å². The van der Waals surface area contributed by atoms with Crippen molar-refractivity contribution < 1.29 is 19.0 Å². The fraction of sp³-hybridized carbons (Fsp3) is 0.409. The Morgan fingerprint density at radius 1 is 1.14 bits per heavy atom. The largest absolute Gasteiger partial charge is 0.457 e. The van der Waals surface area contributed by atoms with Crippen molar-refractivity contribution in [3.63, 3.8) is 0 Å². The Labute approximate surface area is 170 Å². The maximum atomic E-state index is 13.0. The Bertz CT molecular complexity index is 788. The molecule has 1 aliphatic rings. The van der Waals surface area contributed by atoms with Crippen molar-refractivity contribution >= 4 is 5.96 Å². The first-order chi connectivity index (χ1) is 14.1. The maximum absolute atomic E-state index is 13.0. The third kappa shape index (κ3) is 6.17. The average Bonchev–Trinajstić information content (AvgIpc) is 3.20. The minimum absolute atomic E-state index is 0.0360. The molecule has 2 aromatic rings. The number of ether oxygens (including phenoxy) is 2. The van der Waals surface area contributed by atoms with E-state index in [4.69, 9.17) is 9.47 Å². The summed E-state index contributed by atoms with van der Waals surface area (Å²) in [5.41, 5.74) is 1.04. The number of nitrogens with one attached hydrogen (secondary N) is 2. The Balaban J connectivity index is 1.48. The number of rotatable bonds is 8. The second kappa shape index (κ2) is 10.2. The molecule has 1 fully saturated rings. The molecule has 0 aromatic heterocycles. The molecule has 0 bridgehead atoms. The molecule has 29 heavy (non-hydrogen) atoms. The van der Waals surface area contributed by atoms with E-state index in [-0.39, 0.29) is 17.8 Å². The number of halogens is 1. The van der Waals surface area contributed by atoms with E-state index in [1.807, 2.05) is 24.3 Å². The van der Waals surface area contributed by atoms with Crippen LogP contribution in [0.3, 0.4) is 0 Å². The van der Waals surface area contributed by atoms with Crippen LogP contribution in [0, 0.1) is 11.2 Å². The molecule has 0 aliphatic carbocycles. The zero-order valence-corrected chi connectivity index (χ0v) is 16.7. The molecule has 1 aliphatic heterocycles. The molecular weight excluding hydrogens is 373 g/mol. The third-order valence-electron chi connectivity index (χ3n) is 5.11. The molecule has 1 heterocycles. The van der Waals surface area contributed by atoms with Crippen LogP contribution in [0.4, 0.5) is 4.39 Å². The molecule has 1 unspecified atom stereocenters. The van der Waals surface area contributed by atoms with Crippen molar-refractivity contribution in [2.75, 3.05) is 33.4 Å². The summed E-state index contributed by atoms with van der Waals surface area (Å²) >= 11 is 0. The standard InChI is InChI=1S/C22H28FN3O3/c1-24-21(26-15-22(10-12-27)11-13-28-16-22)25-14-17-2-6-19(7-3-17)29-20-8-4-18(23)5-9-20/h2-9,27H,10-16H2,1H3,(H2,24,25,26). The second-order valence-electron chi connectivity index (χ2n) is 7.26. The molecule has 3 N–H and O–H groups in total. The molecule has 0 saturated carbocycles. The van der Waals surface area contributed by atoms with Crippen molar-refractivity contribution in [2.45, 2.75) is 19.4 Å². The van der Waals surface area contributed by atoms with E-state index in [2.05, 4.69) is 15.6 Å². The Hall–Kier alpha value is -2.64. The number of aliphatic imine (C=N–C) groups is 1. The molecule has 0 amide bonds. The van der Waals surface area contributed by atoms with Gasteiger partial charge in [-0.3, -0.25) is 4.99 Å². The predicted molar refractivity (Wildman–Crippen MR) is 111 cm³/mol. The molecule has 1 saturated heterocycles. The van der Waals surface area contributed by atoms with Crippen LogP contribution in [-0.4, -0.2) is 44.5 Å². The van der Waals surface area contributed by atoms with E-state index in [0.717, 1.165) is 18.6 Å². The number of hydrogen-bond acceptors (Lipinski definition) is 4. The molecule has 6 nitrogen and oxygen atoms in total. The summed E-state index contributed by atoms with van der Waals surface area (Å²) in [6, 6.07) is 13.6. The van der Waals surface area contributed by atoms with Crippen molar-refractivity contribution in [3.05, 3.63) is 59.9 Å². The lowest BCUT2D eigenvalue weighted by Crippen LogP contribution is -2.44. The van der Waals surface area contributed by atoms with Gasteiger partial charge in [-0.25, -0.2) is 4.39 Å². The van der Waals surface area contributed by atoms with Crippen molar-refractivity contribution in [3.8, 4) is 11.5 Å². The van der Waals surface area contributed by atoms with Crippen LogP contribution < -0.4 is 15.4 Å². The minimum atomic E-state index is -0.288. The van der Waals surface area contributed by atoms with Gasteiger partial charge in [0.15, 0.2) is 5.96 Å². The van der Waals surface area contributed by atoms with E-state index in [1.54, 1.807) is 19.2 Å². The summed E-state index contributed by atoms with van der Waals surface area (Å²) < 4.78 is 24.2. The lowest BCUT2D eigenvalue weighted by atomic mass is 9.84. The Morgan fingerprint density at radius 2 is 1.83 bits per heavy atom. The van der Waals surface area contributed by atoms with Crippen molar-refractivity contribution in [1.82, 2.24) is 10.6 Å². The molecule has 1 atom stereocenters. The molecular formula is C22H28FN3O3. The Kier molecular flexibility index (Phi) is 7.43. The fourth-order valence-corrected chi connectivity index (χ4v) is 3.30. The highest BCUT2D eigenvalue weighted by Gasteiger charge is 2.34. The molecule has 0 spiro atoms. The smallest absolute Gasteiger partial charge is 0.191 e. The van der Waals surface area contributed by atoms with Crippen LogP contribution >= 0.6 is 0 Å². The first kappa shape index (κ1) is 21.1. The number of hydrogen-bond donors (Lipinski definition) is 3. The van der Waals surface area contributed by atoms with Gasteiger partial charge in [-0.1, -0.05) is 12.1 Å². The quantitative estimate of drug-likeness (QED) is 0.468. The summed E-state index contributed by atoms with van der Waals surface area (Å²) in [6.07, 6.45) is 1.65. The molecule has 2 aromatic carbocycles. The van der Waals surface area contributed by atoms with Crippen LogP contribution in [0.2, 0.25) is 0 Å².